The first-order valence-corrected chi connectivity index (χ1v) is 10.2. The van der Waals surface area contributed by atoms with Crippen molar-refractivity contribution in [1.29, 1.82) is 0 Å². The summed E-state index contributed by atoms with van der Waals surface area (Å²) < 4.78 is 0. The van der Waals surface area contributed by atoms with Gasteiger partial charge in [0.05, 0.1) is 0 Å². The van der Waals surface area contributed by atoms with Crippen molar-refractivity contribution in [2.24, 2.45) is 0 Å². The van der Waals surface area contributed by atoms with Crippen LogP contribution in [0.25, 0.3) is 10.8 Å². The number of rotatable bonds is 7. The summed E-state index contributed by atoms with van der Waals surface area (Å²) in [6.07, 6.45) is 6.73. The zero-order valence-corrected chi connectivity index (χ0v) is 16.6. The van der Waals surface area contributed by atoms with E-state index in [2.05, 4.69) is 64.6 Å². The predicted molar refractivity (Wildman–Crippen MR) is 116 cm³/mol. The summed E-state index contributed by atoms with van der Waals surface area (Å²) in [6, 6.07) is 15.7. The van der Waals surface area contributed by atoms with E-state index in [0.29, 0.717) is 6.04 Å². The van der Waals surface area contributed by atoms with E-state index in [1.165, 1.54) is 33.2 Å². The van der Waals surface area contributed by atoms with Crippen molar-refractivity contribution in [3.63, 3.8) is 0 Å². The Morgan fingerprint density at radius 3 is 3.04 bits per heavy atom. The lowest BCUT2D eigenvalue weighted by Crippen LogP contribution is -2.26. The molecule has 0 radical (unpaired) electrons. The lowest BCUT2D eigenvalue weighted by Gasteiger charge is -2.19. The molecular weight excluding hydrogens is 346 g/mol. The van der Waals surface area contributed by atoms with Crippen LogP contribution in [0.2, 0.25) is 0 Å². The van der Waals surface area contributed by atoms with Gasteiger partial charge in [-0.3, -0.25) is 9.88 Å². The molecule has 1 aliphatic heterocycles. The molecule has 0 bridgehead atoms. The Bertz CT molecular complexity index is 935. The summed E-state index contributed by atoms with van der Waals surface area (Å²) in [4.78, 5) is 6.76. The molecule has 2 heterocycles. The molecule has 146 valence electrons. The Kier molecular flexibility index (Phi) is 5.89. The number of nitrogens with one attached hydrogen (secondary N) is 1. The van der Waals surface area contributed by atoms with Gasteiger partial charge in [0.2, 0.25) is 0 Å². The topological polar surface area (TPSA) is 48.4 Å². The van der Waals surface area contributed by atoms with E-state index in [-0.39, 0.29) is 6.61 Å². The molecule has 2 aromatic carbocycles. The van der Waals surface area contributed by atoms with Crippen molar-refractivity contribution in [3.05, 3.63) is 71.5 Å². The van der Waals surface area contributed by atoms with Crippen LogP contribution in [0, 0.1) is 6.92 Å². The normalized spacial score (nSPS) is 17.3. The zero-order chi connectivity index (χ0) is 19.3. The molecule has 1 atom stereocenters. The second-order valence-electron chi connectivity index (χ2n) is 7.86. The SMILES string of the molecule is Cc1ccc(CN2CC[C@@H](Nc3cccc4cnccc34)C2)cc1CCCO. The van der Waals surface area contributed by atoms with E-state index in [4.69, 9.17) is 5.11 Å². The van der Waals surface area contributed by atoms with Gasteiger partial charge in [-0.1, -0.05) is 30.3 Å². The molecule has 4 heteroatoms. The Hall–Kier alpha value is -2.43. The van der Waals surface area contributed by atoms with Crippen molar-refractivity contribution in [1.82, 2.24) is 9.88 Å². The van der Waals surface area contributed by atoms with E-state index in [1.807, 2.05) is 12.4 Å². The highest BCUT2D eigenvalue weighted by Gasteiger charge is 2.22. The third-order valence-electron chi connectivity index (χ3n) is 5.74. The highest BCUT2D eigenvalue weighted by atomic mass is 16.2. The fourth-order valence-corrected chi connectivity index (χ4v) is 4.18. The van der Waals surface area contributed by atoms with E-state index in [1.54, 1.807) is 0 Å². The van der Waals surface area contributed by atoms with Crippen LogP contribution in [0.5, 0.6) is 0 Å². The standard InChI is InChI=1S/C24H29N3O/c1-18-7-8-19(14-20(18)5-3-13-28)16-27-12-10-22(17-27)26-24-6-2-4-21-15-25-11-9-23(21)24/h2,4,6-9,11,14-15,22,26,28H,3,5,10,12-13,16-17H2,1H3/t22-/m1/s1. The van der Waals surface area contributed by atoms with Gasteiger partial charge in [-0.25, -0.2) is 0 Å². The summed E-state index contributed by atoms with van der Waals surface area (Å²) in [7, 11) is 0. The summed E-state index contributed by atoms with van der Waals surface area (Å²) in [5.41, 5.74) is 5.26. The maximum absolute atomic E-state index is 9.12. The van der Waals surface area contributed by atoms with E-state index >= 15 is 0 Å². The van der Waals surface area contributed by atoms with Gasteiger partial charge in [0, 0.05) is 61.1 Å². The van der Waals surface area contributed by atoms with Crippen molar-refractivity contribution in [2.45, 2.75) is 38.8 Å². The molecule has 4 nitrogen and oxygen atoms in total. The Morgan fingerprint density at radius 2 is 2.14 bits per heavy atom. The van der Waals surface area contributed by atoms with Crippen LogP contribution >= 0.6 is 0 Å². The van der Waals surface area contributed by atoms with Gasteiger partial charge in [-0.2, -0.15) is 0 Å². The number of aliphatic hydroxyl groups excluding tert-OH is 1. The number of benzene rings is 2. The molecule has 0 aliphatic carbocycles. The van der Waals surface area contributed by atoms with Crippen LogP contribution in [0.3, 0.4) is 0 Å². The first kappa shape index (κ1) is 18.9. The molecule has 1 saturated heterocycles. The van der Waals surface area contributed by atoms with E-state index < -0.39 is 0 Å². The second-order valence-corrected chi connectivity index (χ2v) is 7.86. The molecule has 2 N–H and O–H groups in total. The van der Waals surface area contributed by atoms with Crippen molar-refractivity contribution < 1.29 is 5.11 Å². The minimum Gasteiger partial charge on any atom is -0.396 e. The average molecular weight is 376 g/mol. The summed E-state index contributed by atoms with van der Waals surface area (Å²) in [6.45, 7) is 5.58. The number of aryl methyl sites for hydroxylation is 2. The van der Waals surface area contributed by atoms with Crippen LogP contribution in [0.4, 0.5) is 5.69 Å². The molecule has 4 rings (SSSR count). The van der Waals surface area contributed by atoms with E-state index in [0.717, 1.165) is 38.9 Å². The van der Waals surface area contributed by atoms with Crippen LogP contribution in [-0.4, -0.2) is 40.7 Å². The third kappa shape index (κ3) is 4.34. The summed E-state index contributed by atoms with van der Waals surface area (Å²) in [5.74, 6) is 0. The summed E-state index contributed by atoms with van der Waals surface area (Å²) >= 11 is 0. The number of likely N-dealkylation sites (tertiary alicyclic amines) is 1. The Labute approximate surface area is 167 Å². The van der Waals surface area contributed by atoms with Gasteiger partial charge in [0.1, 0.15) is 0 Å². The van der Waals surface area contributed by atoms with Crippen molar-refractivity contribution >= 4 is 16.5 Å². The van der Waals surface area contributed by atoms with Gasteiger partial charge in [-0.15, -0.1) is 0 Å². The Morgan fingerprint density at radius 1 is 1.21 bits per heavy atom. The van der Waals surface area contributed by atoms with Crippen LogP contribution < -0.4 is 5.32 Å². The number of fused-ring (bicyclic) bond motifs is 1. The Balaban J connectivity index is 1.39. The van der Waals surface area contributed by atoms with Crippen molar-refractivity contribution in [2.75, 3.05) is 25.0 Å². The first-order chi connectivity index (χ1) is 13.7. The quantitative estimate of drug-likeness (QED) is 0.651. The number of pyridine rings is 1. The van der Waals surface area contributed by atoms with Crippen LogP contribution in [0.15, 0.2) is 54.9 Å². The first-order valence-electron chi connectivity index (χ1n) is 10.2. The van der Waals surface area contributed by atoms with E-state index in [9.17, 15) is 0 Å². The van der Waals surface area contributed by atoms with Gasteiger partial charge < -0.3 is 10.4 Å². The van der Waals surface area contributed by atoms with Gasteiger partial charge in [0.25, 0.3) is 0 Å². The smallest absolute Gasteiger partial charge is 0.0434 e. The molecule has 0 amide bonds. The van der Waals surface area contributed by atoms with Gasteiger partial charge in [0.15, 0.2) is 0 Å². The zero-order valence-electron chi connectivity index (χ0n) is 16.6. The molecule has 0 unspecified atom stereocenters. The van der Waals surface area contributed by atoms with Crippen LogP contribution in [-0.2, 0) is 13.0 Å². The molecule has 3 aromatic rings. The third-order valence-corrected chi connectivity index (χ3v) is 5.74. The fourth-order valence-electron chi connectivity index (χ4n) is 4.18. The van der Waals surface area contributed by atoms with Gasteiger partial charge >= 0.3 is 0 Å². The lowest BCUT2D eigenvalue weighted by atomic mass is 10.0. The molecule has 1 fully saturated rings. The molecule has 1 aromatic heterocycles. The number of hydrogen-bond acceptors (Lipinski definition) is 4. The average Bonchev–Trinajstić information content (AvgIpc) is 3.15. The van der Waals surface area contributed by atoms with Crippen LogP contribution in [0.1, 0.15) is 29.5 Å². The fraction of sp³-hybridized carbons (Fsp3) is 0.375. The maximum Gasteiger partial charge on any atom is 0.0434 e. The number of hydrogen-bond donors (Lipinski definition) is 2. The highest BCUT2D eigenvalue weighted by Crippen LogP contribution is 2.25. The molecule has 0 spiro atoms. The lowest BCUT2D eigenvalue weighted by molar-refractivity contribution is 0.288. The highest BCUT2D eigenvalue weighted by molar-refractivity contribution is 5.93. The predicted octanol–water partition coefficient (Wildman–Crippen LogP) is 4.15. The van der Waals surface area contributed by atoms with Crippen molar-refractivity contribution in [3.8, 4) is 0 Å². The minimum atomic E-state index is 0.257. The largest absolute Gasteiger partial charge is 0.396 e. The number of aliphatic hydroxyl groups is 1. The van der Waals surface area contributed by atoms with Gasteiger partial charge in [-0.05, 0) is 55.0 Å². The minimum absolute atomic E-state index is 0.257. The monoisotopic (exact) mass is 375 g/mol. The molecular formula is C24H29N3O. The number of aromatic nitrogens is 1. The maximum atomic E-state index is 9.12. The second kappa shape index (κ2) is 8.72. The molecule has 1 aliphatic rings. The number of nitrogens with zero attached hydrogens (tertiary/aromatic N) is 2. The molecule has 0 saturated carbocycles. The number of anilines is 1. The molecule has 28 heavy (non-hydrogen) atoms. The summed E-state index contributed by atoms with van der Waals surface area (Å²) in [5, 5.41) is 15.3.